The molecule has 1 rings (SSSR count). The summed E-state index contributed by atoms with van der Waals surface area (Å²) < 4.78 is 4.82. The maximum Gasteiger partial charge on any atom is 0.303 e. The van der Waals surface area contributed by atoms with Crippen molar-refractivity contribution in [3.05, 3.63) is 17.5 Å². The molecule has 0 aromatic carbocycles. The van der Waals surface area contributed by atoms with Crippen LogP contribution in [0.3, 0.4) is 0 Å². The van der Waals surface area contributed by atoms with Gasteiger partial charge in [-0.15, -0.1) is 0 Å². The highest BCUT2D eigenvalue weighted by atomic mass is 16.5. The number of aryl methyl sites for hydroxylation is 2. The first-order valence-corrected chi connectivity index (χ1v) is 3.82. The van der Waals surface area contributed by atoms with Crippen LogP contribution in [-0.4, -0.2) is 16.2 Å². The molecule has 0 bridgehead atoms. The summed E-state index contributed by atoms with van der Waals surface area (Å²) in [6.45, 7) is 1.81. The van der Waals surface area contributed by atoms with E-state index in [2.05, 4.69) is 5.16 Å². The second kappa shape index (κ2) is 3.90. The second-order valence-electron chi connectivity index (χ2n) is 2.68. The largest absolute Gasteiger partial charge is 0.481 e. The van der Waals surface area contributed by atoms with Gasteiger partial charge in [0.05, 0.1) is 5.69 Å². The van der Waals surface area contributed by atoms with E-state index in [0.29, 0.717) is 12.8 Å². The van der Waals surface area contributed by atoms with Crippen molar-refractivity contribution in [1.82, 2.24) is 5.16 Å². The molecule has 1 aromatic rings. The molecule has 1 aromatic heterocycles. The summed E-state index contributed by atoms with van der Waals surface area (Å²) in [5.74, 6) is -0.00413. The number of hydrogen-bond donors (Lipinski definition) is 1. The first-order valence-electron chi connectivity index (χ1n) is 3.82. The highest BCUT2D eigenvalue weighted by molar-refractivity contribution is 5.66. The van der Waals surface area contributed by atoms with Gasteiger partial charge in [-0.1, -0.05) is 5.16 Å². The molecule has 1 heterocycles. The van der Waals surface area contributed by atoms with Gasteiger partial charge >= 0.3 is 5.97 Å². The minimum atomic E-state index is -0.768. The van der Waals surface area contributed by atoms with Crippen molar-refractivity contribution in [2.24, 2.45) is 0 Å². The fraction of sp³-hybridized carbons (Fsp3) is 0.500. The molecule has 12 heavy (non-hydrogen) atoms. The third-order valence-corrected chi connectivity index (χ3v) is 1.50. The van der Waals surface area contributed by atoms with Crippen molar-refractivity contribution in [3.63, 3.8) is 0 Å². The standard InChI is InChI=1S/C8H11NO3/c1-6-5-7(9-12-6)3-2-4-8(10)11/h5H,2-4H2,1H3,(H,10,11). The average molecular weight is 169 g/mol. The summed E-state index contributed by atoms with van der Waals surface area (Å²) in [7, 11) is 0. The Morgan fingerprint density at radius 1 is 1.75 bits per heavy atom. The summed E-state index contributed by atoms with van der Waals surface area (Å²) in [6, 6.07) is 1.82. The topological polar surface area (TPSA) is 63.3 Å². The molecular formula is C8H11NO3. The lowest BCUT2D eigenvalue weighted by atomic mass is 10.2. The van der Waals surface area contributed by atoms with E-state index in [9.17, 15) is 4.79 Å². The van der Waals surface area contributed by atoms with Gasteiger partial charge in [-0.05, 0) is 19.8 Å². The van der Waals surface area contributed by atoms with E-state index in [0.717, 1.165) is 11.5 Å². The van der Waals surface area contributed by atoms with E-state index >= 15 is 0 Å². The van der Waals surface area contributed by atoms with Gasteiger partial charge in [-0.3, -0.25) is 4.79 Å². The van der Waals surface area contributed by atoms with Crippen molar-refractivity contribution in [3.8, 4) is 0 Å². The van der Waals surface area contributed by atoms with Gasteiger partial charge in [0.1, 0.15) is 5.76 Å². The summed E-state index contributed by atoms with van der Waals surface area (Å²) >= 11 is 0. The van der Waals surface area contributed by atoms with Crippen LogP contribution in [0.15, 0.2) is 10.6 Å². The molecular weight excluding hydrogens is 158 g/mol. The lowest BCUT2D eigenvalue weighted by molar-refractivity contribution is -0.137. The van der Waals surface area contributed by atoms with Gasteiger partial charge in [0.25, 0.3) is 0 Å². The van der Waals surface area contributed by atoms with Gasteiger partial charge in [0.15, 0.2) is 0 Å². The average Bonchev–Trinajstić information content (AvgIpc) is 2.35. The zero-order valence-electron chi connectivity index (χ0n) is 6.91. The Morgan fingerprint density at radius 3 is 3.00 bits per heavy atom. The normalized spacial score (nSPS) is 10.1. The van der Waals surface area contributed by atoms with Gasteiger partial charge in [-0.2, -0.15) is 0 Å². The molecule has 0 saturated heterocycles. The van der Waals surface area contributed by atoms with Gasteiger partial charge in [-0.25, -0.2) is 0 Å². The van der Waals surface area contributed by atoms with Crippen LogP contribution in [0.1, 0.15) is 24.3 Å². The van der Waals surface area contributed by atoms with Gasteiger partial charge in [0, 0.05) is 12.5 Å². The molecule has 0 atom stereocenters. The van der Waals surface area contributed by atoms with Gasteiger partial charge < -0.3 is 9.63 Å². The minimum absolute atomic E-state index is 0.186. The number of carboxylic acid groups (broad SMARTS) is 1. The third kappa shape index (κ3) is 2.74. The number of aromatic nitrogens is 1. The number of carboxylic acids is 1. The van der Waals surface area contributed by atoms with E-state index in [1.54, 1.807) is 0 Å². The fourth-order valence-corrected chi connectivity index (χ4v) is 0.957. The smallest absolute Gasteiger partial charge is 0.303 e. The minimum Gasteiger partial charge on any atom is -0.481 e. The summed E-state index contributed by atoms with van der Waals surface area (Å²) in [5.41, 5.74) is 0.828. The highest BCUT2D eigenvalue weighted by Crippen LogP contribution is 2.05. The van der Waals surface area contributed by atoms with Crippen LogP contribution in [0.5, 0.6) is 0 Å². The monoisotopic (exact) mass is 169 g/mol. The van der Waals surface area contributed by atoms with Crippen LogP contribution in [0.25, 0.3) is 0 Å². The number of rotatable bonds is 4. The quantitative estimate of drug-likeness (QED) is 0.739. The Morgan fingerprint density at radius 2 is 2.50 bits per heavy atom. The van der Waals surface area contributed by atoms with Crippen LogP contribution >= 0.6 is 0 Å². The lowest BCUT2D eigenvalue weighted by Crippen LogP contribution is -1.95. The molecule has 0 aliphatic carbocycles. The van der Waals surface area contributed by atoms with Crippen molar-refractivity contribution < 1.29 is 14.4 Å². The van der Waals surface area contributed by atoms with Crippen LogP contribution < -0.4 is 0 Å². The molecule has 0 radical (unpaired) electrons. The summed E-state index contributed by atoms with van der Waals surface area (Å²) in [4.78, 5) is 10.2. The van der Waals surface area contributed by atoms with Crippen LogP contribution in [-0.2, 0) is 11.2 Å². The zero-order chi connectivity index (χ0) is 8.97. The van der Waals surface area contributed by atoms with Crippen LogP contribution in [0, 0.1) is 6.92 Å². The van der Waals surface area contributed by atoms with Crippen molar-refractivity contribution in [2.45, 2.75) is 26.2 Å². The number of carbonyl (C=O) groups is 1. The van der Waals surface area contributed by atoms with E-state index in [1.165, 1.54) is 0 Å². The third-order valence-electron chi connectivity index (χ3n) is 1.50. The van der Waals surface area contributed by atoms with Crippen molar-refractivity contribution in [2.75, 3.05) is 0 Å². The van der Waals surface area contributed by atoms with Crippen LogP contribution in [0.2, 0.25) is 0 Å². The highest BCUT2D eigenvalue weighted by Gasteiger charge is 2.01. The molecule has 4 heteroatoms. The Labute approximate surface area is 70.2 Å². The molecule has 0 aliphatic rings. The summed E-state index contributed by atoms with van der Waals surface area (Å²) in [6.07, 6.45) is 1.47. The first kappa shape index (κ1) is 8.77. The van der Waals surface area contributed by atoms with Crippen molar-refractivity contribution >= 4 is 5.97 Å². The number of hydrogen-bond acceptors (Lipinski definition) is 3. The molecule has 0 aliphatic heterocycles. The SMILES string of the molecule is Cc1cc(CCCC(=O)O)no1. The van der Waals surface area contributed by atoms with E-state index in [1.807, 2.05) is 13.0 Å². The second-order valence-corrected chi connectivity index (χ2v) is 2.68. The maximum absolute atomic E-state index is 10.2. The maximum atomic E-state index is 10.2. The summed E-state index contributed by atoms with van der Waals surface area (Å²) in [5, 5.41) is 12.1. The first-order chi connectivity index (χ1) is 5.68. The molecule has 1 N–H and O–H groups in total. The number of aliphatic carboxylic acids is 1. The zero-order valence-corrected chi connectivity index (χ0v) is 6.91. The predicted molar refractivity (Wildman–Crippen MR) is 41.8 cm³/mol. The molecule has 0 amide bonds. The van der Waals surface area contributed by atoms with Crippen LogP contribution in [0.4, 0.5) is 0 Å². The molecule has 66 valence electrons. The fourth-order valence-electron chi connectivity index (χ4n) is 0.957. The predicted octanol–water partition coefficient (Wildman–Crippen LogP) is 1.39. The molecule has 4 nitrogen and oxygen atoms in total. The Balaban J connectivity index is 2.29. The van der Waals surface area contributed by atoms with Gasteiger partial charge in [0.2, 0.25) is 0 Å². The lowest BCUT2D eigenvalue weighted by Gasteiger charge is -1.90. The van der Waals surface area contributed by atoms with E-state index in [4.69, 9.17) is 9.63 Å². The van der Waals surface area contributed by atoms with E-state index in [-0.39, 0.29) is 6.42 Å². The molecule has 0 fully saturated rings. The van der Waals surface area contributed by atoms with Crippen molar-refractivity contribution in [1.29, 1.82) is 0 Å². The molecule has 0 unspecified atom stereocenters. The van der Waals surface area contributed by atoms with E-state index < -0.39 is 5.97 Å². The Hall–Kier alpha value is -1.32. The Kier molecular flexibility index (Phi) is 2.85. The Bertz CT molecular complexity index is 267. The molecule has 0 spiro atoms. The molecule has 0 saturated carbocycles. The number of nitrogens with zero attached hydrogens (tertiary/aromatic N) is 1.